The van der Waals surface area contributed by atoms with Crippen molar-refractivity contribution in [2.24, 2.45) is 0 Å². The van der Waals surface area contributed by atoms with Crippen molar-refractivity contribution in [3.05, 3.63) is 28.8 Å². The zero-order chi connectivity index (χ0) is 14.6. The molecule has 1 aromatic rings. The minimum atomic E-state index is -0.946. The summed E-state index contributed by atoms with van der Waals surface area (Å²) in [7, 11) is 1.60. The van der Waals surface area contributed by atoms with Gasteiger partial charge in [-0.05, 0) is 38.9 Å². The number of likely N-dealkylation sites (N-methyl/N-ethyl adjacent to an activating group) is 1. The van der Waals surface area contributed by atoms with Gasteiger partial charge in [-0.1, -0.05) is 17.7 Å². The van der Waals surface area contributed by atoms with Gasteiger partial charge >= 0.3 is 5.97 Å². The third kappa shape index (κ3) is 4.71. The standard InChI is InChI=1S/C14H20N2O3/c1-9-5-10(2)14(11(3)6-9)15-12(17)7-16(4)8-13(18)19/h5-6H,7-8H2,1-4H3,(H,15,17)(H,18,19). The maximum atomic E-state index is 11.8. The molecule has 0 aromatic heterocycles. The van der Waals surface area contributed by atoms with E-state index in [1.54, 1.807) is 7.05 Å². The predicted octanol–water partition coefficient (Wildman–Crippen LogP) is 1.57. The highest BCUT2D eigenvalue weighted by Gasteiger charge is 2.12. The Kier molecular flexibility index (Phi) is 5.06. The van der Waals surface area contributed by atoms with Crippen LogP contribution in [0.5, 0.6) is 0 Å². The lowest BCUT2D eigenvalue weighted by atomic mass is 10.1. The summed E-state index contributed by atoms with van der Waals surface area (Å²) in [6, 6.07) is 4.01. The van der Waals surface area contributed by atoms with Crippen molar-refractivity contribution in [1.29, 1.82) is 0 Å². The number of hydrogen-bond acceptors (Lipinski definition) is 3. The van der Waals surface area contributed by atoms with E-state index in [1.165, 1.54) is 4.90 Å². The van der Waals surface area contributed by atoms with Crippen molar-refractivity contribution in [2.45, 2.75) is 20.8 Å². The Labute approximate surface area is 113 Å². The molecule has 0 aliphatic heterocycles. The number of carbonyl (C=O) groups is 2. The van der Waals surface area contributed by atoms with Crippen LogP contribution in [0.25, 0.3) is 0 Å². The summed E-state index contributed by atoms with van der Waals surface area (Å²) < 4.78 is 0. The summed E-state index contributed by atoms with van der Waals surface area (Å²) in [6.07, 6.45) is 0. The van der Waals surface area contributed by atoms with Gasteiger partial charge in [-0.25, -0.2) is 0 Å². The van der Waals surface area contributed by atoms with Crippen LogP contribution >= 0.6 is 0 Å². The van der Waals surface area contributed by atoms with Crippen LogP contribution in [0.15, 0.2) is 12.1 Å². The third-order valence-corrected chi connectivity index (χ3v) is 2.76. The number of carboxylic acids is 1. The van der Waals surface area contributed by atoms with Crippen molar-refractivity contribution in [1.82, 2.24) is 4.90 Å². The fraction of sp³-hybridized carbons (Fsp3) is 0.429. The molecule has 104 valence electrons. The van der Waals surface area contributed by atoms with E-state index in [2.05, 4.69) is 5.32 Å². The lowest BCUT2D eigenvalue weighted by Gasteiger charge is -2.16. The van der Waals surface area contributed by atoms with E-state index in [-0.39, 0.29) is 19.0 Å². The molecule has 0 heterocycles. The molecule has 0 atom stereocenters. The quantitative estimate of drug-likeness (QED) is 0.847. The Balaban J connectivity index is 2.70. The van der Waals surface area contributed by atoms with Crippen LogP contribution < -0.4 is 5.32 Å². The number of benzene rings is 1. The number of nitrogens with one attached hydrogen (secondary N) is 1. The van der Waals surface area contributed by atoms with Crippen molar-refractivity contribution < 1.29 is 14.7 Å². The average molecular weight is 264 g/mol. The Morgan fingerprint density at radius 1 is 1.16 bits per heavy atom. The molecule has 0 unspecified atom stereocenters. The third-order valence-electron chi connectivity index (χ3n) is 2.76. The molecular weight excluding hydrogens is 244 g/mol. The van der Waals surface area contributed by atoms with Gasteiger partial charge in [0.25, 0.3) is 0 Å². The normalized spacial score (nSPS) is 10.6. The lowest BCUT2D eigenvalue weighted by molar-refractivity contribution is -0.138. The van der Waals surface area contributed by atoms with Gasteiger partial charge in [-0.2, -0.15) is 0 Å². The van der Waals surface area contributed by atoms with Gasteiger partial charge < -0.3 is 10.4 Å². The molecule has 19 heavy (non-hydrogen) atoms. The Hall–Kier alpha value is -1.88. The summed E-state index contributed by atoms with van der Waals surface area (Å²) >= 11 is 0. The van der Waals surface area contributed by atoms with E-state index in [0.29, 0.717) is 0 Å². The second-order valence-electron chi connectivity index (χ2n) is 4.89. The molecule has 0 saturated heterocycles. The van der Waals surface area contributed by atoms with Gasteiger partial charge in [0.2, 0.25) is 5.91 Å². The minimum Gasteiger partial charge on any atom is -0.480 e. The van der Waals surface area contributed by atoms with Gasteiger partial charge in [0.1, 0.15) is 0 Å². The van der Waals surface area contributed by atoms with Crippen molar-refractivity contribution in [3.8, 4) is 0 Å². The van der Waals surface area contributed by atoms with Crippen LogP contribution in [0.1, 0.15) is 16.7 Å². The number of carboxylic acid groups (broad SMARTS) is 1. The van der Waals surface area contributed by atoms with Gasteiger partial charge in [-0.3, -0.25) is 14.5 Å². The monoisotopic (exact) mass is 264 g/mol. The molecule has 0 bridgehead atoms. The highest BCUT2D eigenvalue weighted by Crippen LogP contribution is 2.21. The zero-order valence-electron chi connectivity index (χ0n) is 11.8. The van der Waals surface area contributed by atoms with Crippen LogP contribution in [0.4, 0.5) is 5.69 Å². The maximum Gasteiger partial charge on any atom is 0.317 e. The number of aryl methyl sites for hydroxylation is 3. The number of hydrogen-bond donors (Lipinski definition) is 2. The predicted molar refractivity (Wildman–Crippen MR) is 74.4 cm³/mol. The molecule has 0 spiro atoms. The first-order valence-electron chi connectivity index (χ1n) is 6.07. The van der Waals surface area contributed by atoms with Crippen molar-refractivity contribution in [3.63, 3.8) is 0 Å². The number of carbonyl (C=O) groups excluding carboxylic acids is 1. The SMILES string of the molecule is Cc1cc(C)c(NC(=O)CN(C)CC(=O)O)c(C)c1. The van der Waals surface area contributed by atoms with Crippen LogP contribution in [-0.2, 0) is 9.59 Å². The molecule has 2 N–H and O–H groups in total. The Morgan fingerprint density at radius 3 is 2.16 bits per heavy atom. The molecule has 0 radical (unpaired) electrons. The maximum absolute atomic E-state index is 11.8. The summed E-state index contributed by atoms with van der Waals surface area (Å²) in [5.74, 6) is -1.16. The van der Waals surface area contributed by atoms with Crippen LogP contribution in [0.2, 0.25) is 0 Å². The number of anilines is 1. The molecule has 5 heteroatoms. The molecule has 0 aliphatic carbocycles. The van der Waals surface area contributed by atoms with Crippen LogP contribution in [0, 0.1) is 20.8 Å². The van der Waals surface area contributed by atoms with Crippen LogP contribution in [0.3, 0.4) is 0 Å². The number of nitrogens with zero attached hydrogens (tertiary/aromatic N) is 1. The van der Waals surface area contributed by atoms with Gasteiger partial charge in [0.05, 0.1) is 13.1 Å². The zero-order valence-corrected chi connectivity index (χ0v) is 11.8. The summed E-state index contributed by atoms with van der Waals surface area (Å²) in [4.78, 5) is 23.8. The Morgan fingerprint density at radius 2 is 1.68 bits per heavy atom. The van der Waals surface area contributed by atoms with E-state index < -0.39 is 5.97 Å². The topological polar surface area (TPSA) is 69.6 Å². The van der Waals surface area contributed by atoms with E-state index in [9.17, 15) is 9.59 Å². The summed E-state index contributed by atoms with van der Waals surface area (Å²) in [6.45, 7) is 5.79. The fourth-order valence-electron chi connectivity index (χ4n) is 2.09. The van der Waals surface area contributed by atoms with Gasteiger partial charge in [-0.15, -0.1) is 0 Å². The first-order valence-corrected chi connectivity index (χ1v) is 6.07. The number of aliphatic carboxylic acids is 1. The first-order chi connectivity index (χ1) is 8.79. The summed E-state index contributed by atoms with van der Waals surface area (Å²) in [5.41, 5.74) is 3.97. The van der Waals surface area contributed by atoms with Gasteiger partial charge in [0.15, 0.2) is 0 Å². The second kappa shape index (κ2) is 6.33. The molecule has 1 rings (SSSR count). The lowest BCUT2D eigenvalue weighted by Crippen LogP contribution is -2.34. The number of rotatable bonds is 5. The molecule has 5 nitrogen and oxygen atoms in total. The van der Waals surface area contributed by atoms with Gasteiger partial charge in [0, 0.05) is 5.69 Å². The highest BCUT2D eigenvalue weighted by molar-refractivity contribution is 5.94. The number of amides is 1. The highest BCUT2D eigenvalue weighted by atomic mass is 16.4. The molecule has 1 amide bonds. The molecule has 1 aromatic carbocycles. The Bertz CT molecular complexity index is 474. The van der Waals surface area contributed by atoms with E-state index in [1.807, 2.05) is 32.9 Å². The fourth-order valence-corrected chi connectivity index (χ4v) is 2.09. The smallest absolute Gasteiger partial charge is 0.317 e. The van der Waals surface area contributed by atoms with Crippen molar-refractivity contribution >= 4 is 17.6 Å². The van der Waals surface area contributed by atoms with Crippen molar-refractivity contribution in [2.75, 3.05) is 25.5 Å². The molecule has 0 aliphatic rings. The molecule has 0 saturated carbocycles. The summed E-state index contributed by atoms with van der Waals surface area (Å²) in [5, 5.41) is 11.5. The van der Waals surface area contributed by atoms with E-state index >= 15 is 0 Å². The van der Waals surface area contributed by atoms with E-state index in [0.717, 1.165) is 22.4 Å². The second-order valence-corrected chi connectivity index (χ2v) is 4.89. The molecular formula is C14H20N2O3. The minimum absolute atomic E-state index is 0.0546. The van der Waals surface area contributed by atoms with E-state index in [4.69, 9.17) is 5.11 Å². The largest absolute Gasteiger partial charge is 0.480 e. The van der Waals surface area contributed by atoms with Crippen LogP contribution in [-0.4, -0.2) is 42.0 Å². The first kappa shape index (κ1) is 15.2. The average Bonchev–Trinajstić information content (AvgIpc) is 2.21. The molecule has 0 fully saturated rings.